The van der Waals surface area contributed by atoms with Gasteiger partial charge in [0.05, 0.1) is 12.8 Å². The van der Waals surface area contributed by atoms with Crippen LogP contribution in [-0.4, -0.2) is 46.9 Å². The molecule has 0 bridgehead atoms. The molecule has 0 atom stereocenters. The molecule has 1 N–H and O–H groups in total. The number of urea groups is 1. The summed E-state index contributed by atoms with van der Waals surface area (Å²) < 4.78 is 15.6. The Labute approximate surface area is 158 Å². The summed E-state index contributed by atoms with van der Waals surface area (Å²) in [4.78, 5) is 50.0. The molecule has 10 heteroatoms. The molecule has 1 fully saturated rings. The van der Waals surface area contributed by atoms with Gasteiger partial charge in [-0.1, -0.05) is 6.07 Å². The van der Waals surface area contributed by atoms with Gasteiger partial charge in [-0.05, 0) is 29.8 Å². The molecule has 0 spiro atoms. The molecule has 0 unspecified atom stereocenters. The van der Waals surface area contributed by atoms with Crippen LogP contribution in [0.5, 0.6) is 11.5 Å². The summed E-state index contributed by atoms with van der Waals surface area (Å²) in [5.41, 5.74) is 0.757. The Balaban J connectivity index is 1.35. The lowest BCUT2D eigenvalue weighted by Gasteiger charge is -2.14. The molecular weight excluding hydrogens is 370 g/mol. The number of nitrogens with one attached hydrogen (secondary N) is 1. The van der Waals surface area contributed by atoms with E-state index in [4.69, 9.17) is 13.9 Å². The van der Waals surface area contributed by atoms with Gasteiger partial charge < -0.3 is 19.2 Å². The zero-order chi connectivity index (χ0) is 19.7. The molecule has 1 aromatic carbocycles. The first-order chi connectivity index (χ1) is 13.5. The fourth-order valence-corrected chi connectivity index (χ4v) is 2.84. The van der Waals surface area contributed by atoms with Crippen LogP contribution in [0.25, 0.3) is 0 Å². The summed E-state index contributed by atoms with van der Waals surface area (Å²) in [7, 11) is 0. The van der Waals surface area contributed by atoms with E-state index in [2.05, 4.69) is 5.32 Å². The largest absolute Gasteiger partial charge is 0.467 e. The van der Waals surface area contributed by atoms with Crippen molar-refractivity contribution in [2.75, 3.05) is 13.3 Å². The van der Waals surface area contributed by atoms with Gasteiger partial charge in [0.2, 0.25) is 12.7 Å². The average Bonchev–Trinajstić information content (AvgIpc) is 3.41. The van der Waals surface area contributed by atoms with E-state index in [1.807, 2.05) is 0 Å². The van der Waals surface area contributed by atoms with E-state index in [1.165, 1.54) is 6.26 Å². The summed E-state index contributed by atoms with van der Waals surface area (Å²) >= 11 is 0. The number of hydrogen-bond donors (Lipinski definition) is 1. The molecule has 2 aliphatic rings. The molecule has 0 aliphatic carbocycles. The van der Waals surface area contributed by atoms with Crippen molar-refractivity contribution in [3.05, 3.63) is 47.9 Å². The first-order valence-corrected chi connectivity index (χ1v) is 8.38. The van der Waals surface area contributed by atoms with Crippen LogP contribution in [-0.2, 0) is 27.5 Å². The van der Waals surface area contributed by atoms with Crippen molar-refractivity contribution in [3.8, 4) is 11.5 Å². The summed E-state index contributed by atoms with van der Waals surface area (Å²) in [6, 6.07) is 7.53. The standard InChI is InChI=1S/C18H15N3O7/c22-15(19-7-11-3-4-13-14(6-11)28-10-27-13)9-21-17(24)16(23)20(18(21)25)8-12-2-1-5-26-12/h1-6H,7-10H2,(H,19,22). The van der Waals surface area contributed by atoms with Gasteiger partial charge >= 0.3 is 17.8 Å². The van der Waals surface area contributed by atoms with Gasteiger partial charge in [0.1, 0.15) is 12.3 Å². The van der Waals surface area contributed by atoms with Gasteiger partial charge in [0, 0.05) is 6.54 Å². The summed E-state index contributed by atoms with van der Waals surface area (Å²) in [6.07, 6.45) is 1.39. The molecule has 2 aliphatic heterocycles. The van der Waals surface area contributed by atoms with Gasteiger partial charge in [-0.15, -0.1) is 0 Å². The highest BCUT2D eigenvalue weighted by molar-refractivity contribution is 6.44. The number of rotatable bonds is 6. The highest BCUT2D eigenvalue weighted by Crippen LogP contribution is 2.32. The van der Waals surface area contributed by atoms with Crippen LogP contribution in [0.4, 0.5) is 4.79 Å². The fraction of sp³-hybridized carbons (Fsp3) is 0.222. The van der Waals surface area contributed by atoms with Crippen LogP contribution in [0.1, 0.15) is 11.3 Å². The Kier molecular flexibility index (Phi) is 4.44. The van der Waals surface area contributed by atoms with Crippen molar-refractivity contribution in [1.82, 2.24) is 15.1 Å². The van der Waals surface area contributed by atoms with Crippen molar-refractivity contribution in [2.24, 2.45) is 0 Å². The molecule has 3 heterocycles. The highest BCUT2D eigenvalue weighted by Gasteiger charge is 2.45. The molecule has 10 nitrogen and oxygen atoms in total. The maximum Gasteiger partial charge on any atom is 0.335 e. The zero-order valence-electron chi connectivity index (χ0n) is 14.5. The van der Waals surface area contributed by atoms with Crippen molar-refractivity contribution < 1.29 is 33.1 Å². The maximum atomic E-state index is 12.3. The molecule has 5 amide bonds. The van der Waals surface area contributed by atoms with E-state index in [0.29, 0.717) is 22.2 Å². The molecule has 144 valence electrons. The minimum Gasteiger partial charge on any atom is -0.467 e. The van der Waals surface area contributed by atoms with Gasteiger partial charge in [0.15, 0.2) is 11.5 Å². The van der Waals surface area contributed by atoms with Gasteiger partial charge in [-0.25, -0.2) is 14.6 Å². The normalized spacial score (nSPS) is 15.5. The number of hydrogen-bond acceptors (Lipinski definition) is 7. The predicted octanol–water partition coefficient (Wildman–Crippen LogP) is 0.615. The Morgan fingerprint density at radius 1 is 1.04 bits per heavy atom. The second-order valence-electron chi connectivity index (χ2n) is 6.11. The average molecular weight is 385 g/mol. The van der Waals surface area contributed by atoms with Crippen LogP contribution in [0, 0.1) is 0 Å². The lowest BCUT2D eigenvalue weighted by Crippen LogP contribution is -2.41. The molecule has 4 rings (SSSR count). The maximum absolute atomic E-state index is 12.3. The summed E-state index contributed by atoms with van der Waals surface area (Å²) in [5, 5.41) is 2.60. The fourth-order valence-electron chi connectivity index (χ4n) is 2.84. The number of ether oxygens (including phenoxy) is 2. The first-order valence-electron chi connectivity index (χ1n) is 8.38. The highest BCUT2D eigenvalue weighted by atomic mass is 16.7. The van der Waals surface area contributed by atoms with Crippen molar-refractivity contribution in [1.29, 1.82) is 0 Å². The van der Waals surface area contributed by atoms with E-state index in [9.17, 15) is 19.2 Å². The minimum absolute atomic E-state index is 0.146. The van der Waals surface area contributed by atoms with E-state index in [1.54, 1.807) is 30.3 Å². The Bertz CT molecular complexity index is 954. The Morgan fingerprint density at radius 2 is 1.82 bits per heavy atom. The zero-order valence-corrected chi connectivity index (χ0v) is 14.5. The van der Waals surface area contributed by atoms with Crippen molar-refractivity contribution >= 4 is 23.8 Å². The van der Waals surface area contributed by atoms with Crippen LogP contribution >= 0.6 is 0 Å². The third kappa shape index (κ3) is 3.27. The monoisotopic (exact) mass is 385 g/mol. The number of carbonyl (C=O) groups is 4. The number of benzene rings is 1. The smallest absolute Gasteiger partial charge is 0.335 e. The van der Waals surface area contributed by atoms with Gasteiger partial charge in [-0.2, -0.15) is 0 Å². The number of nitrogens with zero attached hydrogens (tertiary/aromatic N) is 2. The third-order valence-corrected chi connectivity index (χ3v) is 4.26. The quantitative estimate of drug-likeness (QED) is 0.572. The van der Waals surface area contributed by atoms with Crippen LogP contribution in [0.3, 0.4) is 0 Å². The molecule has 28 heavy (non-hydrogen) atoms. The van der Waals surface area contributed by atoms with E-state index in [-0.39, 0.29) is 19.9 Å². The summed E-state index contributed by atoms with van der Waals surface area (Å²) in [6.45, 7) is -0.420. The molecule has 2 aromatic rings. The number of furan rings is 1. The van der Waals surface area contributed by atoms with Gasteiger partial charge in [0.25, 0.3) is 0 Å². The topological polar surface area (TPSA) is 118 Å². The molecule has 0 saturated carbocycles. The van der Waals surface area contributed by atoms with Crippen molar-refractivity contribution in [3.63, 3.8) is 0 Å². The number of carbonyl (C=O) groups excluding carboxylic acids is 4. The molecule has 1 saturated heterocycles. The lowest BCUT2D eigenvalue weighted by molar-refractivity contribution is -0.144. The second kappa shape index (κ2) is 7.06. The van der Waals surface area contributed by atoms with Gasteiger partial charge in [-0.3, -0.25) is 14.4 Å². The predicted molar refractivity (Wildman–Crippen MR) is 90.8 cm³/mol. The van der Waals surface area contributed by atoms with Crippen LogP contribution in [0.2, 0.25) is 0 Å². The summed E-state index contributed by atoms with van der Waals surface area (Å²) in [5.74, 6) is -1.07. The lowest BCUT2D eigenvalue weighted by atomic mass is 10.2. The van der Waals surface area contributed by atoms with E-state index >= 15 is 0 Å². The molecular formula is C18H15N3O7. The van der Waals surface area contributed by atoms with E-state index < -0.39 is 30.3 Å². The number of amides is 5. The van der Waals surface area contributed by atoms with Crippen molar-refractivity contribution in [2.45, 2.75) is 13.1 Å². The third-order valence-electron chi connectivity index (χ3n) is 4.26. The Hall–Kier alpha value is -3.82. The molecule has 1 aromatic heterocycles. The SMILES string of the molecule is O=C(CN1C(=O)C(=O)N(Cc2ccco2)C1=O)NCc1ccc2c(c1)OCO2. The minimum atomic E-state index is -1.05. The second-order valence-corrected chi connectivity index (χ2v) is 6.11. The number of imide groups is 2. The Morgan fingerprint density at radius 3 is 2.61 bits per heavy atom. The van der Waals surface area contributed by atoms with Crippen LogP contribution in [0.15, 0.2) is 41.0 Å². The first kappa shape index (κ1) is 17.6. The van der Waals surface area contributed by atoms with E-state index in [0.717, 1.165) is 10.5 Å². The number of fused-ring (bicyclic) bond motifs is 1. The molecule has 0 radical (unpaired) electrons. The van der Waals surface area contributed by atoms with Crippen LogP contribution < -0.4 is 14.8 Å².